The van der Waals surface area contributed by atoms with E-state index in [0.29, 0.717) is 28.7 Å². The van der Waals surface area contributed by atoms with Crippen molar-refractivity contribution in [2.45, 2.75) is 19.9 Å². The maximum Gasteiger partial charge on any atom is 0.274 e. The Balaban J connectivity index is 1.83. The van der Waals surface area contributed by atoms with Gasteiger partial charge in [0.2, 0.25) is 5.89 Å². The Morgan fingerprint density at radius 1 is 1.07 bits per heavy atom. The van der Waals surface area contributed by atoms with E-state index < -0.39 is 0 Å². The summed E-state index contributed by atoms with van der Waals surface area (Å²) in [6, 6.07) is 15.0. The van der Waals surface area contributed by atoms with Crippen LogP contribution in [0, 0.1) is 6.92 Å². The van der Waals surface area contributed by atoms with E-state index in [-0.39, 0.29) is 17.6 Å². The number of methoxy groups -OCH3 is 2. The topological polar surface area (TPSA) is 73.6 Å². The largest absolute Gasteiger partial charge is 0.493 e. The number of aromatic nitrogens is 1. The Kier molecular flexibility index (Phi) is 5.45. The molecule has 1 atom stereocenters. The molecule has 27 heavy (non-hydrogen) atoms. The average molecular weight is 366 g/mol. The van der Waals surface area contributed by atoms with E-state index in [0.717, 1.165) is 5.56 Å². The summed E-state index contributed by atoms with van der Waals surface area (Å²) in [5, 5.41) is 2.95. The molecule has 0 aliphatic rings. The second-order valence-electron chi connectivity index (χ2n) is 6.10. The lowest BCUT2D eigenvalue weighted by Crippen LogP contribution is -2.27. The SMILES string of the molecule is COc1ccc(-c2nc(C(=O)NC(C)c3ccccc3)c(C)o2)cc1OC. The van der Waals surface area contributed by atoms with Crippen LogP contribution in [-0.4, -0.2) is 25.1 Å². The summed E-state index contributed by atoms with van der Waals surface area (Å²) in [4.78, 5) is 17.0. The fourth-order valence-corrected chi connectivity index (χ4v) is 2.79. The van der Waals surface area contributed by atoms with E-state index in [9.17, 15) is 4.79 Å². The third-order valence-electron chi connectivity index (χ3n) is 4.29. The molecular formula is C21H22N2O4. The molecular weight excluding hydrogens is 344 g/mol. The summed E-state index contributed by atoms with van der Waals surface area (Å²) in [7, 11) is 3.13. The fourth-order valence-electron chi connectivity index (χ4n) is 2.79. The number of carbonyl (C=O) groups excluding carboxylic acids is 1. The van der Waals surface area contributed by atoms with Crippen LogP contribution in [0.4, 0.5) is 0 Å². The molecule has 0 radical (unpaired) electrons. The van der Waals surface area contributed by atoms with Crippen LogP contribution in [0.5, 0.6) is 11.5 Å². The Labute approximate surface area is 158 Å². The molecule has 0 fully saturated rings. The lowest BCUT2D eigenvalue weighted by molar-refractivity contribution is 0.0934. The highest BCUT2D eigenvalue weighted by molar-refractivity contribution is 5.94. The fraction of sp³-hybridized carbons (Fsp3) is 0.238. The number of hydrogen-bond acceptors (Lipinski definition) is 5. The van der Waals surface area contributed by atoms with E-state index in [1.54, 1.807) is 39.3 Å². The number of amides is 1. The van der Waals surface area contributed by atoms with Gasteiger partial charge in [0.25, 0.3) is 5.91 Å². The highest BCUT2D eigenvalue weighted by atomic mass is 16.5. The normalized spacial score (nSPS) is 11.7. The summed E-state index contributed by atoms with van der Waals surface area (Å²) in [5.41, 5.74) is 1.99. The van der Waals surface area contributed by atoms with Crippen LogP contribution >= 0.6 is 0 Å². The lowest BCUT2D eigenvalue weighted by atomic mass is 10.1. The minimum absolute atomic E-state index is 0.140. The van der Waals surface area contributed by atoms with Crippen LogP contribution in [0.25, 0.3) is 11.5 Å². The first-order valence-corrected chi connectivity index (χ1v) is 8.59. The zero-order valence-corrected chi connectivity index (χ0v) is 15.8. The summed E-state index contributed by atoms with van der Waals surface area (Å²) >= 11 is 0. The molecule has 1 amide bonds. The highest BCUT2D eigenvalue weighted by Crippen LogP contribution is 2.32. The van der Waals surface area contributed by atoms with Crippen LogP contribution in [0.2, 0.25) is 0 Å². The predicted molar refractivity (Wildman–Crippen MR) is 102 cm³/mol. The standard InChI is InChI=1S/C21H22N2O4/c1-13(15-8-6-5-7-9-15)22-20(24)19-14(2)27-21(23-19)16-10-11-17(25-3)18(12-16)26-4/h5-13H,1-4H3,(H,22,24). The molecule has 6 heteroatoms. The molecule has 0 aliphatic heterocycles. The third kappa shape index (κ3) is 3.95. The molecule has 0 spiro atoms. The molecule has 0 saturated heterocycles. The number of nitrogens with zero attached hydrogens (tertiary/aromatic N) is 1. The summed E-state index contributed by atoms with van der Waals surface area (Å²) in [6.45, 7) is 3.65. The average Bonchev–Trinajstić information content (AvgIpc) is 3.09. The van der Waals surface area contributed by atoms with Crippen molar-refractivity contribution < 1.29 is 18.7 Å². The first-order chi connectivity index (χ1) is 13.0. The molecule has 0 aliphatic carbocycles. The number of carbonyl (C=O) groups is 1. The van der Waals surface area contributed by atoms with Crippen LogP contribution in [0.3, 0.4) is 0 Å². The molecule has 3 rings (SSSR count). The highest BCUT2D eigenvalue weighted by Gasteiger charge is 2.20. The number of ether oxygens (including phenoxy) is 2. The van der Waals surface area contributed by atoms with Gasteiger partial charge >= 0.3 is 0 Å². The second kappa shape index (κ2) is 7.95. The Hall–Kier alpha value is -3.28. The first kappa shape index (κ1) is 18.5. The van der Waals surface area contributed by atoms with E-state index >= 15 is 0 Å². The van der Waals surface area contributed by atoms with Crippen molar-refractivity contribution in [3.63, 3.8) is 0 Å². The van der Waals surface area contributed by atoms with Crippen LogP contribution < -0.4 is 14.8 Å². The van der Waals surface area contributed by atoms with E-state index in [1.807, 2.05) is 37.3 Å². The van der Waals surface area contributed by atoms with Gasteiger partial charge in [0.15, 0.2) is 17.2 Å². The van der Waals surface area contributed by atoms with Crippen molar-refractivity contribution in [3.8, 4) is 23.0 Å². The van der Waals surface area contributed by atoms with Crippen molar-refractivity contribution in [2.75, 3.05) is 14.2 Å². The Bertz CT molecular complexity index is 935. The molecule has 6 nitrogen and oxygen atoms in total. The molecule has 0 saturated carbocycles. The maximum atomic E-state index is 12.6. The number of aryl methyl sites for hydroxylation is 1. The monoisotopic (exact) mass is 366 g/mol. The first-order valence-electron chi connectivity index (χ1n) is 8.59. The molecule has 1 heterocycles. The van der Waals surface area contributed by atoms with Gasteiger partial charge in [0, 0.05) is 5.56 Å². The molecule has 1 aromatic heterocycles. The van der Waals surface area contributed by atoms with Crippen molar-refractivity contribution in [2.24, 2.45) is 0 Å². The minimum atomic E-state index is -0.278. The number of oxazole rings is 1. The van der Waals surface area contributed by atoms with Gasteiger partial charge in [-0.2, -0.15) is 0 Å². The third-order valence-corrected chi connectivity index (χ3v) is 4.29. The molecule has 1 unspecified atom stereocenters. The summed E-state index contributed by atoms with van der Waals surface area (Å²) < 4.78 is 16.3. The van der Waals surface area contributed by atoms with Crippen LogP contribution in [-0.2, 0) is 0 Å². The second-order valence-corrected chi connectivity index (χ2v) is 6.10. The number of rotatable bonds is 6. The van der Waals surface area contributed by atoms with Crippen molar-refractivity contribution >= 4 is 5.91 Å². The quantitative estimate of drug-likeness (QED) is 0.709. The van der Waals surface area contributed by atoms with E-state index in [1.165, 1.54) is 0 Å². The van der Waals surface area contributed by atoms with Gasteiger partial charge in [-0.15, -0.1) is 0 Å². The number of hydrogen-bond donors (Lipinski definition) is 1. The van der Waals surface area contributed by atoms with Crippen molar-refractivity contribution in [1.82, 2.24) is 10.3 Å². The van der Waals surface area contributed by atoms with Crippen molar-refractivity contribution in [3.05, 3.63) is 65.5 Å². The Morgan fingerprint density at radius 3 is 2.44 bits per heavy atom. The van der Waals surface area contributed by atoms with Gasteiger partial charge in [0.05, 0.1) is 20.3 Å². The molecule has 0 bridgehead atoms. The van der Waals surface area contributed by atoms with Gasteiger partial charge in [-0.3, -0.25) is 4.79 Å². The Morgan fingerprint density at radius 2 is 1.78 bits per heavy atom. The number of nitrogens with one attached hydrogen (secondary N) is 1. The smallest absolute Gasteiger partial charge is 0.274 e. The number of benzene rings is 2. The molecule has 3 aromatic rings. The summed E-state index contributed by atoms with van der Waals surface area (Å²) in [5.74, 6) is 1.71. The zero-order valence-electron chi connectivity index (χ0n) is 15.8. The van der Waals surface area contributed by atoms with Crippen LogP contribution in [0.15, 0.2) is 52.9 Å². The molecule has 140 valence electrons. The van der Waals surface area contributed by atoms with Crippen molar-refractivity contribution in [1.29, 1.82) is 0 Å². The zero-order chi connectivity index (χ0) is 19.4. The molecule has 2 aromatic carbocycles. The van der Waals surface area contributed by atoms with Crippen LogP contribution in [0.1, 0.15) is 34.8 Å². The van der Waals surface area contributed by atoms with E-state index in [2.05, 4.69) is 10.3 Å². The van der Waals surface area contributed by atoms with Gasteiger partial charge in [-0.05, 0) is 37.6 Å². The summed E-state index contributed by atoms with van der Waals surface area (Å²) in [6.07, 6.45) is 0. The van der Waals surface area contributed by atoms with Gasteiger partial charge in [0.1, 0.15) is 5.76 Å². The predicted octanol–water partition coefficient (Wildman–Crippen LogP) is 4.16. The van der Waals surface area contributed by atoms with Gasteiger partial charge in [-0.1, -0.05) is 30.3 Å². The van der Waals surface area contributed by atoms with Gasteiger partial charge in [-0.25, -0.2) is 4.98 Å². The maximum absolute atomic E-state index is 12.6. The lowest BCUT2D eigenvalue weighted by Gasteiger charge is -2.13. The molecule has 1 N–H and O–H groups in total. The minimum Gasteiger partial charge on any atom is -0.493 e. The van der Waals surface area contributed by atoms with E-state index in [4.69, 9.17) is 13.9 Å². The van der Waals surface area contributed by atoms with Gasteiger partial charge < -0.3 is 19.2 Å².